The summed E-state index contributed by atoms with van der Waals surface area (Å²) >= 11 is 7.88. The molecule has 5 heteroatoms. The highest BCUT2D eigenvalue weighted by Gasteiger charge is 2.35. The van der Waals surface area contributed by atoms with Gasteiger partial charge in [-0.2, -0.15) is 0 Å². The maximum absolute atomic E-state index is 11.6. The van der Waals surface area contributed by atoms with E-state index in [-0.39, 0.29) is 9.81 Å². The van der Waals surface area contributed by atoms with Crippen molar-refractivity contribution >= 4 is 42.8 Å². The molecular weight excluding hydrogens is 230 g/mol. The number of para-hydroxylation sites is 1. The van der Waals surface area contributed by atoms with E-state index in [2.05, 4.69) is 25.3 Å². The van der Waals surface area contributed by atoms with Crippen LogP contribution in [-0.2, 0) is 9.59 Å². The summed E-state index contributed by atoms with van der Waals surface area (Å²) in [5.74, 6) is -0.862. The van der Waals surface area contributed by atoms with Gasteiger partial charge in [-0.05, 0) is 12.1 Å². The summed E-state index contributed by atoms with van der Waals surface area (Å²) in [4.78, 5) is 24.5. The van der Waals surface area contributed by atoms with E-state index in [0.717, 1.165) is 4.90 Å². The molecule has 15 heavy (non-hydrogen) atoms. The minimum atomic E-state index is -0.431. The van der Waals surface area contributed by atoms with E-state index in [4.69, 9.17) is 0 Å². The van der Waals surface area contributed by atoms with Crippen molar-refractivity contribution in [3.63, 3.8) is 0 Å². The molecule has 0 unspecified atom stereocenters. The molecule has 0 atom stereocenters. The molecule has 3 nitrogen and oxygen atoms in total. The lowest BCUT2D eigenvalue weighted by molar-refractivity contribution is -0.120. The Hall–Kier alpha value is -1.20. The zero-order chi connectivity index (χ0) is 11.0. The van der Waals surface area contributed by atoms with Crippen LogP contribution in [0.5, 0.6) is 0 Å². The molecule has 0 aliphatic carbocycles. The van der Waals surface area contributed by atoms with Gasteiger partial charge >= 0.3 is 0 Å². The number of rotatable bonds is 1. The Morgan fingerprint density at radius 2 is 1.33 bits per heavy atom. The van der Waals surface area contributed by atoms with Crippen LogP contribution in [-0.4, -0.2) is 11.8 Å². The lowest BCUT2D eigenvalue weighted by Crippen LogP contribution is -2.30. The molecule has 0 saturated heterocycles. The van der Waals surface area contributed by atoms with Crippen molar-refractivity contribution in [3.8, 4) is 0 Å². The van der Waals surface area contributed by atoms with Crippen LogP contribution in [0.3, 0.4) is 0 Å². The monoisotopic (exact) mass is 237 g/mol. The predicted octanol–water partition coefficient (Wildman–Crippen LogP) is 1.63. The second-order valence-electron chi connectivity index (χ2n) is 2.98. The van der Waals surface area contributed by atoms with Gasteiger partial charge in [0.15, 0.2) is 0 Å². The molecule has 1 aliphatic heterocycles. The molecule has 0 fully saturated rings. The van der Waals surface area contributed by atoms with Gasteiger partial charge in [-0.25, -0.2) is 4.90 Å². The number of carbonyl (C=O) groups is 2. The fourth-order valence-corrected chi connectivity index (χ4v) is 1.71. The maximum atomic E-state index is 11.6. The SMILES string of the molecule is O=C1C(S)=C(S)C(=O)N1c1ccccc1. The van der Waals surface area contributed by atoms with Gasteiger partial charge in [0.2, 0.25) is 0 Å². The minimum Gasteiger partial charge on any atom is -0.268 e. The topological polar surface area (TPSA) is 37.4 Å². The van der Waals surface area contributed by atoms with Crippen LogP contribution in [0.2, 0.25) is 0 Å². The summed E-state index contributed by atoms with van der Waals surface area (Å²) in [5.41, 5.74) is 0.531. The zero-order valence-corrected chi connectivity index (χ0v) is 9.33. The Labute approximate surface area is 97.6 Å². The number of thiol groups is 2. The van der Waals surface area contributed by atoms with E-state index in [9.17, 15) is 9.59 Å². The quantitative estimate of drug-likeness (QED) is 0.575. The fourth-order valence-electron chi connectivity index (χ4n) is 1.32. The third-order valence-electron chi connectivity index (χ3n) is 2.05. The molecule has 76 valence electrons. The van der Waals surface area contributed by atoms with Crippen LogP contribution >= 0.6 is 25.3 Å². The standard InChI is InChI=1S/C10H7NO2S2/c12-9-7(14)8(15)10(13)11(9)6-4-2-1-3-5-6/h1-5,14-15H. The van der Waals surface area contributed by atoms with E-state index in [0.29, 0.717) is 5.69 Å². The first kappa shape index (κ1) is 10.3. The predicted molar refractivity (Wildman–Crippen MR) is 63.9 cm³/mol. The van der Waals surface area contributed by atoms with Crippen LogP contribution in [0.25, 0.3) is 0 Å². The number of hydrogen-bond acceptors (Lipinski definition) is 4. The summed E-state index contributed by atoms with van der Waals surface area (Å²) in [6.07, 6.45) is 0. The number of anilines is 1. The highest BCUT2D eigenvalue weighted by Crippen LogP contribution is 2.30. The summed E-state index contributed by atoms with van der Waals surface area (Å²) < 4.78 is 0. The fraction of sp³-hybridized carbons (Fsp3) is 0. The first-order chi connectivity index (χ1) is 7.13. The highest BCUT2D eigenvalue weighted by atomic mass is 32.1. The molecule has 0 aromatic heterocycles. The second kappa shape index (κ2) is 3.75. The molecule has 1 aromatic rings. The van der Waals surface area contributed by atoms with Gasteiger partial charge in [0.25, 0.3) is 11.8 Å². The summed E-state index contributed by atoms with van der Waals surface area (Å²) in [6.45, 7) is 0. The third-order valence-corrected chi connectivity index (χ3v) is 3.06. The van der Waals surface area contributed by atoms with Crippen LogP contribution in [0, 0.1) is 0 Å². The number of carbonyl (C=O) groups excluding carboxylic acids is 2. The van der Waals surface area contributed by atoms with Gasteiger partial charge in [-0.15, -0.1) is 25.3 Å². The van der Waals surface area contributed by atoms with Crippen LogP contribution < -0.4 is 4.90 Å². The van der Waals surface area contributed by atoms with E-state index >= 15 is 0 Å². The molecule has 0 spiro atoms. The minimum absolute atomic E-state index is 0.0900. The lowest BCUT2D eigenvalue weighted by Gasteiger charge is -2.13. The van der Waals surface area contributed by atoms with Crippen LogP contribution in [0.4, 0.5) is 5.69 Å². The van der Waals surface area contributed by atoms with Crippen molar-refractivity contribution in [3.05, 3.63) is 40.1 Å². The van der Waals surface area contributed by atoms with Crippen molar-refractivity contribution < 1.29 is 9.59 Å². The highest BCUT2D eigenvalue weighted by molar-refractivity contribution is 7.90. The van der Waals surface area contributed by atoms with Gasteiger partial charge in [0.1, 0.15) is 0 Å². The lowest BCUT2D eigenvalue weighted by atomic mass is 10.3. The van der Waals surface area contributed by atoms with Gasteiger partial charge in [-0.3, -0.25) is 9.59 Å². The normalized spacial score (nSPS) is 16.5. The van der Waals surface area contributed by atoms with E-state index in [1.54, 1.807) is 24.3 Å². The van der Waals surface area contributed by atoms with Gasteiger partial charge in [0, 0.05) is 0 Å². The molecule has 0 bridgehead atoms. The third kappa shape index (κ3) is 1.57. The number of nitrogens with zero attached hydrogens (tertiary/aromatic N) is 1. The van der Waals surface area contributed by atoms with Crippen molar-refractivity contribution in [2.45, 2.75) is 0 Å². The Bertz CT molecular complexity index is 444. The Balaban J connectivity index is 2.44. The van der Waals surface area contributed by atoms with E-state index in [1.165, 1.54) is 0 Å². The molecule has 2 amide bonds. The first-order valence-corrected chi connectivity index (χ1v) is 5.08. The smallest absolute Gasteiger partial charge is 0.268 e. The summed E-state index contributed by atoms with van der Waals surface area (Å²) in [5, 5.41) is 0. The molecule has 0 radical (unpaired) electrons. The molecule has 1 heterocycles. The Kier molecular flexibility index (Phi) is 2.58. The molecule has 1 aliphatic rings. The van der Waals surface area contributed by atoms with Gasteiger partial charge in [0.05, 0.1) is 15.5 Å². The van der Waals surface area contributed by atoms with Crippen molar-refractivity contribution in [2.24, 2.45) is 0 Å². The average Bonchev–Trinajstić information content (AvgIpc) is 2.45. The number of amides is 2. The maximum Gasteiger partial charge on any atom is 0.272 e. The van der Waals surface area contributed by atoms with Gasteiger partial charge in [-0.1, -0.05) is 18.2 Å². The van der Waals surface area contributed by atoms with E-state index < -0.39 is 11.8 Å². The Morgan fingerprint density at radius 1 is 0.867 bits per heavy atom. The Morgan fingerprint density at radius 3 is 1.80 bits per heavy atom. The van der Waals surface area contributed by atoms with Crippen LogP contribution in [0.1, 0.15) is 0 Å². The molecule has 0 N–H and O–H groups in total. The van der Waals surface area contributed by atoms with Crippen molar-refractivity contribution in [2.75, 3.05) is 4.90 Å². The van der Waals surface area contributed by atoms with Gasteiger partial charge < -0.3 is 0 Å². The molecule has 0 saturated carbocycles. The molecule has 1 aromatic carbocycles. The first-order valence-electron chi connectivity index (χ1n) is 4.19. The van der Waals surface area contributed by atoms with Crippen LogP contribution in [0.15, 0.2) is 40.1 Å². The largest absolute Gasteiger partial charge is 0.272 e. The van der Waals surface area contributed by atoms with E-state index in [1.807, 2.05) is 6.07 Å². The number of hydrogen-bond donors (Lipinski definition) is 2. The summed E-state index contributed by atoms with van der Waals surface area (Å²) in [7, 11) is 0. The average molecular weight is 237 g/mol. The number of imide groups is 1. The van der Waals surface area contributed by atoms with Crippen molar-refractivity contribution in [1.82, 2.24) is 0 Å². The number of benzene rings is 1. The molecule has 2 rings (SSSR count). The summed E-state index contributed by atoms with van der Waals surface area (Å²) in [6, 6.07) is 8.69. The second-order valence-corrected chi connectivity index (χ2v) is 3.87. The molecular formula is C10H7NO2S2. The zero-order valence-electron chi connectivity index (χ0n) is 7.54. The van der Waals surface area contributed by atoms with Crippen molar-refractivity contribution in [1.29, 1.82) is 0 Å².